The van der Waals surface area contributed by atoms with Crippen molar-refractivity contribution in [3.05, 3.63) is 0 Å². The average Bonchev–Trinajstić information content (AvgIpc) is 3.14. The molecule has 2 nitrogen and oxygen atoms in total. The topological polar surface area (TPSA) is 24.1 Å². The van der Waals surface area contributed by atoms with Crippen LogP contribution in [-0.4, -0.2) is 25.7 Å². The average molecular weight is 254 g/mol. The minimum Gasteiger partial charge on any atom is -0.316 e. The van der Waals surface area contributed by atoms with Gasteiger partial charge in [-0.05, 0) is 51.2 Å². The van der Waals surface area contributed by atoms with E-state index < -0.39 is 0 Å². The predicted octanol–water partition coefficient (Wildman–Crippen LogP) is 3.71. The molecular weight excluding hydrogens is 220 g/mol. The van der Waals surface area contributed by atoms with Gasteiger partial charge >= 0.3 is 0 Å². The summed E-state index contributed by atoms with van der Waals surface area (Å²) in [4.78, 5) is 0. The Kier molecular flexibility index (Phi) is 9.59. The zero-order valence-corrected chi connectivity index (χ0v) is 12.6. The monoisotopic (exact) mass is 254 g/mol. The molecule has 0 saturated heterocycles. The second-order valence-corrected chi connectivity index (χ2v) is 6.30. The SMILES string of the molecule is CC(C)CNCCCCCCCCCNC1CC1. The molecule has 0 radical (unpaired) electrons. The van der Waals surface area contributed by atoms with E-state index in [0.29, 0.717) is 0 Å². The maximum atomic E-state index is 3.58. The van der Waals surface area contributed by atoms with Crippen LogP contribution in [0.3, 0.4) is 0 Å². The molecule has 0 amide bonds. The fourth-order valence-corrected chi connectivity index (χ4v) is 2.24. The first kappa shape index (κ1) is 16.0. The molecule has 1 aliphatic rings. The third kappa shape index (κ3) is 11.0. The summed E-state index contributed by atoms with van der Waals surface area (Å²) in [5.74, 6) is 0.786. The Morgan fingerprint density at radius 1 is 0.833 bits per heavy atom. The van der Waals surface area contributed by atoms with Crippen molar-refractivity contribution in [1.82, 2.24) is 10.6 Å². The summed E-state index contributed by atoms with van der Waals surface area (Å²) >= 11 is 0. The zero-order valence-electron chi connectivity index (χ0n) is 12.6. The van der Waals surface area contributed by atoms with Crippen molar-refractivity contribution in [2.24, 2.45) is 5.92 Å². The molecule has 18 heavy (non-hydrogen) atoms. The van der Waals surface area contributed by atoms with Gasteiger partial charge in [0.2, 0.25) is 0 Å². The van der Waals surface area contributed by atoms with Crippen LogP contribution in [0, 0.1) is 5.92 Å². The van der Waals surface area contributed by atoms with E-state index in [1.807, 2.05) is 0 Å². The first-order valence-electron chi connectivity index (χ1n) is 8.23. The Bertz CT molecular complexity index is 164. The summed E-state index contributed by atoms with van der Waals surface area (Å²) in [6.07, 6.45) is 12.7. The largest absolute Gasteiger partial charge is 0.316 e. The number of hydrogen-bond donors (Lipinski definition) is 2. The summed E-state index contributed by atoms with van der Waals surface area (Å²) in [7, 11) is 0. The Balaban J connectivity index is 1.63. The van der Waals surface area contributed by atoms with Gasteiger partial charge in [0.1, 0.15) is 0 Å². The number of hydrogen-bond acceptors (Lipinski definition) is 2. The fraction of sp³-hybridized carbons (Fsp3) is 1.00. The van der Waals surface area contributed by atoms with E-state index in [2.05, 4.69) is 24.5 Å². The van der Waals surface area contributed by atoms with Gasteiger partial charge in [0.15, 0.2) is 0 Å². The van der Waals surface area contributed by atoms with Crippen molar-refractivity contribution in [2.75, 3.05) is 19.6 Å². The highest BCUT2D eigenvalue weighted by Gasteiger charge is 2.19. The van der Waals surface area contributed by atoms with Crippen LogP contribution in [0.5, 0.6) is 0 Å². The third-order valence-corrected chi connectivity index (χ3v) is 3.59. The maximum Gasteiger partial charge on any atom is 0.00682 e. The second-order valence-electron chi connectivity index (χ2n) is 6.30. The standard InChI is InChI=1S/C16H34N2/c1-15(2)14-17-12-8-6-4-3-5-7-9-13-18-16-10-11-16/h15-18H,3-14H2,1-2H3. The van der Waals surface area contributed by atoms with Crippen molar-refractivity contribution in [2.45, 2.75) is 77.7 Å². The van der Waals surface area contributed by atoms with Crippen molar-refractivity contribution in [3.8, 4) is 0 Å². The minimum atomic E-state index is 0.786. The Morgan fingerprint density at radius 2 is 1.39 bits per heavy atom. The van der Waals surface area contributed by atoms with E-state index in [-0.39, 0.29) is 0 Å². The molecule has 0 aromatic carbocycles. The molecule has 0 aromatic rings. The van der Waals surface area contributed by atoms with E-state index in [9.17, 15) is 0 Å². The van der Waals surface area contributed by atoms with Gasteiger partial charge in [-0.1, -0.05) is 46.0 Å². The molecule has 0 heterocycles. The number of unbranched alkanes of at least 4 members (excludes halogenated alkanes) is 6. The summed E-state index contributed by atoms with van der Waals surface area (Å²) < 4.78 is 0. The molecule has 0 atom stereocenters. The molecule has 108 valence electrons. The van der Waals surface area contributed by atoms with Gasteiger partial charge in [0.25, 0.3) is 0 Å². The fourth-order valence-electron chi connectivity index (χ4n) is 2.24. The van der Waals surface area contributed by atoms with Gasteiger partial charge in [-0.2, -0.15) is 0 Å². The normalized spacial score (nSPS) is 15.5. The molecule has 0 aliphatic heterocycles. The Labute approximate surface area is 114 Å². The lowest BCUT2D eigenvalue weighted by atomic mass is 10.1. The third-order valence-electron chi connectivity index (χ3n) is 3.59. The molecule has 0 aromatic heterocycles. The van der Waals surface area contributed by atoms with Gasteiger partial charge < -0.3 is 10.6 Å². The highest BCUT2D eigenvalue weighted by Crippen LogP contribution is 2.18. The molecule has 1 saturated carbocycles. The highest BCUT2D eigenvalue weighted by molar-refractivity contribution is 4.80. The number of nitrogens with one attached hydrogen (secondary N) is 2. The minimum absolute atomic E-state index is 0.786. The summed E-state index contributed by atoms with van der Waals surface area (Å²) in [5, 5.41) is 7.09. The van der Waals surface area contributed by atoms with Gasteiger partial charge in [-0.15, -0.1) is 0 Å². The molecule has 2 N–H and O–H groups in total. The van der Waals surface area contributed by atoms with Crippen LogP contribution in [-0.2, 0) is 0 Å². The van der Waals surface area contributed by atoms with Gasteiger partial charge in [-0.3, -0.25) is 0 Å². The smallest absolute Gasteiger partial charge is 0.00682 e. The summed E-state index contributed by atoms with van der Waals surface area (Å²) in [5.41, 5.74) is 0. The van der Waals surface area contributed by atoms with Crippen LogP contribution >= 0.6 is 0 Å². The van der Waals surface area contributed by atoms with Crippen LogP contribution in [0.25, 0.3) is 0 Å². The van der Waals surface area contributed by atoms with E-state index in [1.54, 1.807) is 0 Å². The summed E-state index contributed by atoms with van der Waals surface area (Å²) in [6, 6.07) is 0.892. The van der Waals surface area contributed by atoms with Gasteiger partial charge in [0, 0.05) is 6.04 Å². The Hall–Kier alpha value is -0.0800. The first-order chi connectivity index (χ1) is 8.79. The second kappa shape index (κ2) is 10.8. The quantitative estimate of drug-likeness (QED) is 0.490. The van der Waals surface area contributed by atoms with Crippen molar-refractivity contribution in [1.29, 1.82) is 0 Å². The number of rotatable bonds is 13. The molecule has 0 bridgehead atoms. The van der Waals surface area contributed by atoms with Crippen LogP contribution < -0.4 is 10.6 Å². The molecule has 1 aliphatic carbocycles. The van der Waals surface area contributed by atoms with E-state index in [4.69, 9.17) is 0 Å². The van der Waals surface area contributed by atoms with Crippen molar-refractivity contribution in [3.63, 3.8) is 0 Å². The summed E-state index contributed by atoms with van der Waals surface area (Å²) in [6.45, 7) is 8.18. The Morgan fingerprint density at radius 3 is 1.94 bits per heavy atom. The van der Waals surface area contributed by atoms with Crippen molar-refractivity contribution < 1.29 is 0 Å². The molecule has 2 heteroatoms. The molecule has 1 fully saturated rings. The lowest BCUT2D eigenvalue weighted by Gasteiger charge is -2.07. The maximum absolute atomic E-state index is 3.58. The van der Waals surface area contributed by atoms with Crippen LogP contribution in [0.2, 0.25) is 0 Å². The van der Waals surface area contributed by atoms with E-state index in [1.165, 1.54) is 77.4 Å². The molecule has 1 rings (SSSR count). The van der Waals surface area contributed by atoms with Gasteiger partial charge in [0.05, 0.1) is 0 Å². The highest BCUT2D eigenvalue weighted by atomic mass is 14.9. The van der Waals surface area contributed by atoms with Crippen LogP contribution in [0.4, 0.5) is 0 Å². The molecular formula is C16H34N2. The zero-order chi connectivity index (χ0) is 13.1. The lowest BCUT2D eigenvalue weighted by molar-refractivity contribution is 0.516. The van der Waals surface area contributed by atoms with Crippen LogP contribution in [0.1, 0.15) is 71.6 Å². The van der Waals surface area contributed by atoms with E-state index in [0.717, 1.165) is 12.0 Å². The van der Waals surface area contributed by atoms with Crippen LogP contribution in [0.15, 0.2) is 0 Å². The van der Waals surface area contributed by atoms with Gasteiger partial charge in [-0.25, -0.2) is 0 Å². The first-order valence-corrected chi connectivity index (χ1v) is 8.23. The molecule has 0 spiro atoms. The predicted molar refractivity (Wildman–Crippen MR) is 81.1 cm³/mol. The van der Waals surface area contributed by atoms with Crippen molar-refractivity contribution >= 4 is 0 Å². The lowest BCUT2D eigenvalue weighted by Crippen LogP contribution is -2.20. The molecule has 0 unspecified atom stereocenters. The van der Waals surface area contributed by atoms with E-state index >= 15 is 0 Å².